The molecule has 12 heteroatoms. The first-order valence-corrected chi connectivity index (χ1v) is 20.5. The molecule has 0 rings (SSSR count). The fourth-order valence-corrected chi connectivity index (χ4v) is 5.75. The summed E-state index contributed by atoms with van der Waals surface area (Å²) in [7, 11) is -4.75. The number of aliphatic hydroxyl groups excluding tert-OH is 1. The lowest BCUT2D eigenvalue weighted by atomic mass is 10.0. The van der Waals surface area contributed by atoms with Gasteiger partial charge in [0.2, 0.25) is 5.91 Å². The van der Waals surface area contributed by atoms with Gasteiger partial charge in [0.05, 0.1) is 13.2 Å². The molecule has 0 heterocycles. The predicted molar refractivity (Wildman–Crippen MR) is 199 cm³/mol. The van der Waals surface area contributed by atoms with Gasteiger partial charge in [0, 0.05) is 12.8 Å². The van der Waals surface area contributed by atoms with E-state index >= 15 is 0 Å². The van der Waals surface area contributed by atoms with E-state index in [1.54, 1.807) is 0 Å². The molecule has 0 saturated heterocycles. The summed E-state index contributed by atoms with van der Waals surface area (Å²) in [6.07, 6.45) is 33.2. The number of amides is 1. The Bertz CT molecular complexity index is 1000. The molecule has 3 atom stereocenters. The minimum Gasteiger partial charge on any atom is -0.480 e. The number of aliphatic hydroxyl groups is 1. The Balaban J connectivity index is 4.00. The Morgan fingerprint density at radius 2 is 1.16 bits per heavy atom. The van der Waals surface area contributed by atoms with Crippen molar-refractivity contribution >= 4 is 25.7 Å². The minimum absolute atomic E-state index is 0.146. The number of carbonyl (C=O) groups is 3. The van der Waals surface area contributed by atoms with Gasteiger partial charge in [-0.2, -0.15) is 0 Å². The van der Waals surface area contributed by atoms with E-state index in [9.17, 15) is 34.1 Å². The standard InChI is InChI=1S/C38H68NO10P/c1-3-5-7-9-11-13-15-17-19-21-23-25-27-29-36(41)39-35(38(43)44)33-49-50(45,46)48-32-34(40)31-47-37(42)30-28-26-24-22-20-18-16-14-12-10-8-6-4-2/h6,8,12,14,18,20,34-35,40H,3-5,7,9-11,13,15-17,19,21-33H2,1-2H3,(H,39,41)(H,43,44)(H,45,46)/b8-6-,14-12-,20-18-. The lowest BCUT2D eigenvalue weighted by Gasteiger charge is -2.18. The summed E-state index contributed by atoms with van der Waals surface area (Å²) in [5.41, 5.74) is 0. The number of phosphoric acid groups is 1. The second kappa shape index (κ2) is 33.8. The summed E-state index contributed by atoms with van der Waals surface area (Å²) in [5, 5.41) is 21.7. The third-order valence-corrected chi connectivity index (χ3v) is 8.89. The fourth-order valence-electron chi connectivity index (χ4n) is 4.98. The van der Waals surface area contributed by atoms with Crippen LogP contribution in [0.2, 0.25) is 0 Å². The quantitative estimate of drug-likeness (QED) is 0.0214. The maximum absolute atomic E-state index is 12.2. The van der Waals surface area contributed by atoms with Crippen molar-refractivity contribution in [3.63, 3.8) is 0 Å². The highest BCUT2D eigenvalue weighted by atomic mass is 31.2. The van der Waals surface area contributed by atoms with Crippen LogP contribution in [0.1, 0.15) is 155 Å². The molecule has 0 spiro atoms. The number of ether oxygens (including phenoxy) is 1. The van der Waals surface area contributed by atoms with E-state index in [2.05, 4.69) is 55.6 Å². The number of hydrogen-bond acceptors (Lipinski definition) is 8. The SMILES string of the molecule is CC/C=C\C/C=C\C/C=C\CCCCCC(=O)OCC(O)COP(=O)(O)OCC(NC(=O)CCCCCCCCCCCCCCC)C(=O)O. The van der Waals surface area contributed by atoms with Crippen LogP contribution in [0.5, 0.6) is 0 Å². The molecule has 11 nitrogen and oxygen atoms in total. The highest BCUT2D eigenvalue weighted by molar-refractivity contribution is 7.47. The Hall–Kier alpha value is -2.30. The van der Waals surface area contributed by atoms with Gasteiger partial charge in [-0.25, -0.2) is 9.36 Å². The second-order valence-electron chi connectivity index (χ2n) is 12.7. The first kappa shape index (κ1) is 47.7. The van der Waals surface area contributed by atoms with Crippen LogP contribution in [0, 0.1) is 0 Å². The number of carboxylic acid groups (broad SMARTS) is 1. The normalized spacial score (nSPS) is 14.3. The maximum Gasteiger partial charge on any atom is 0.472 e. The van der Waals surface area contributed by atoms with E-state index in [0.717, 1.165) is 57.8 Å². The van der Waals surface area contributed by atoms with E-state index in [1.807, 2.05) is 0 Å². The molecule has 0 saturated carbocycles. The molecule has 0 bridgehead atoms. The van der Waals surface area contributed by atoms with E-state index in [1.165, 1.54) is 57.8 Å². The van der Waals surface area contributed by atoms with Crippen LogP contribution < -0.4 is 5.32 Å². The van der Waals surface area contributed by atoms with Crippen LogP contribution in [0.25, 0.3) is 0 Å². The van der Waals surface area contributed by atoms with Gasteiger partial charge >= 0.3 is 19.8 Å². The average Bonchev–Trinajstić information content (AvgIpc) is 3.08. The highest BCUT2D eigenvalue weighted by Gasteiger charge is 2.28. The monoisotopic (exact) mass is 729 g/mol. The van der Waals surface area contributed by atoms with Gasteiger partial charge < -0.3 is 25.2 Å². The summed E-state index contributed by atoms with van der Waals surface area (Å²) < 4.78 is 26.7. The van der Waals surface area contributed by atoms with Crippen molar-refractivity contribution in [2.45, 2.75) is 167 Å². The van der Waals surface area contributed by atoms with Crippen LogP contribution in [0.15, 0.2) is 36.5 Å². The van der Waals surface area contributed by atoms with Crippen molar-refractivity contribution in [3.8, 4) is 0 Å². The number of phosphoric ester groups is 1. The summed E-state index contributed by atoms with van der Waals surface area (Å²) >= 11 is 0. The number of carbonyl (C=O) groups excluding carboxylic acids is 2. The summed E-state index contributed by atoms with van der Waals surface area (Å²) in [5.74, 6) is -2.41. The molecule has 50 heavy (non-hydrogen) atoms. The molecule has 0 aromatic rings. The summed E-state index contributed by atoms with van der Waals surface area (Å²) in [4.78, 5) is 45.7. The Kier molecular flexibility index (Phi) is 32.3. The number of esters is 1. The Morgan fingerprint density at radius 1 is 0.660 bits per heavy atom. The van der Waals surface area contributed by atoms with Crippen molar-refractivity contribution < 1.29 is 47.8 Å². The molecule has 0 aliphatic heterocycles. The van der Waals surface area contributed by atoms with Crippen LogP contribution in [-0.2, 0) is 32.7 Å². The number of nitrogens with one attached hydrogen (secondary N) is 1. The van der Waals surface area contributed by atoms with E-state index < -0.39 is 57.6 Å². The molecule has 0 aliphatic carbocycles. The number of hydrogen-bond donors (Lipinski definition) is 4. The minimum atomic E-state index is -4.75. The Morgan fingerprint density at radius 3 is 1.74 bits per heavy atom. The third kappa shape index (κ3) is 32.9. The molecule has 0 aromatic carbocycles. The first-order valence-electron chi connectivity index (χ1n) is 19.0. The van der Waals surface area contributed by atoms with Gasteiger partial charge in [-0.05, 0) is 44.9 Å². The molecule has 1 amide bonds. The lowest BCUT2D eigenvalue weighted by Crippen LogP contribution is -2.43. The van der Waals surface area contributed by atoms with Crippen LogP contribution in [0.3, 0.4) is 0 Å². The number of aliphatic carboxylic acids is 1. The molecular formula is C38H68NO10P. The van der Waals surface area contributed by atoms with Crippen molar-refractivity contribution in [1.82, 2.24) is 5.32 Å². The van der Waals surface area contributed by atoms with Gasteiger partial charge in [-0.3, -0.25) is 18.6 Å². The van der Waals surface area contributed by atoms with E-state index in [0.29, 0.717) is 12.8 Å². The highest BCUT2D eigenvalue weighted by Crippen LogP contribution is 2.43. The van der Waals surface area contributed by atoms with E-state index in [4.69, 9.17) is 13.8 Å². The van der Waals surface area contributed by atoms with Gasteiger partial charge in [0.25, 0.3) is 0 Å². The lowest BCUT2D eigenvalue weighted by molar-refractivity contribution is -0.147. The zero-order chi connectivity index (χ0) is 37.1. The number of rotatable bonds is 35. The van der Waals surface area contributed by atoms with Crippen molar-refractivity contribution in [2.24, 2.45) is 0 Å². The predicted octanol–water partition coefficient (Wildman–Crippen LogP) is 8.88. The molecule has 0 fully saturated rings. The molecule has 3 unspecified atom stereocenters. The zero-order valence-corrected chi connectivity index (χ0v) is 31.8. The Labute approximate surface area is 301 Å². The molecule has 0 aliphatic rings. The number of unbranched alkanes of at least 4 members (excludes halogenated alkanes) is 15. The van der Waals surface area contributed by atoms with Gasteiger partial charge in [-0.1, -0.05) is 134 Å². The number of carboxylic acids is 1. The molecule has 0 radical (unpaired) electrons. The zero-order valence-electron chi connectivity index (χ0n) is 30.9. The smallest absolute Gasteiger partial charge is 0.472 e. The summed E-state index contributed by atoms with van der Waals surface area (Å²) in [6.45, 7) is 2.42. The first-order chi connectivity index (χ1) is 24.1. The van der Waals surface area contributed by atoms with Crippen molar-refractivity contribution in [1.29, 1.82) is 0 Å². The van der Waals surface area contributed by atoms with Gasteiger partial charge in [0.15, 0.2) is 6.04 Å². The largest absolute Gasteiger partial charge is 0.480 e. The average molecular weight is 730 g/mol. The summed E-state index contributed by atoms with van der Waals surface area (Å²) in [6, 6.07) is -1.55. The van der Waals surface area contributed by atoms with Gasteiger partial charge in [0.1, 0.15) is 12.7 Å². The topological polar surface area (TPSA) is 169 Å². The van der Waals surface area contributed by atoms with E-state index in [-0.39, 0.29) is 12.8 Å². The van der Waals surface area contributed by atoms with Crippen LogP contribution in [0.4, 0.5) is 0 Å². The van der Waals surface area contributed by atoms with Gasteiger partial charge in [-0.15, -0.1) is 0 Å². The third-order valence-electron chi connectivity index (χ3n) is 7.94. The molecule has 4 N–H and O–H groups in total. The maximum atomic E-state index is 12.2. The van der Waals surface area contributed by atoms with Crippen molar-refractivity contribution in [2.75, 3.05) is 19.8 Å². The second-order valence-corrected chi connectivity index (χ2v) is 14.2. The van der Waals surface area contributed by atoms with Crippen molar-refractivity contribution in [3.05, 3.63) is 36.5 Å². The molecular weight excluding hydrogens is 661 g/mol. The fraction of sp³-hybridized carbons (Fsp3) is 0.763. The van der Waals surface area contributed by atoms with Crippen LogP contribution >= 0.6 is 7.82 Å². The number of allylic oxidation sites excluding steroid dienone is 6. The molecule has 0 aromatic heterocycles. The van der Waals surface area contributed by atoms with Crippen LogP contribution in [-0.4, -0.2) is 64.9 Å². The molecule has 290 valence electrons.